The molecule has 0 atom stereocenters. The van der Waals surface area contributed by atoms with Gasteiger partial charge in [0.15, 0.2) is 0 Å². The summed E-state index contributed by atoms with van der Waals surface area (Å²) in [5.74, 6) is 0.729. The number of benzene rings is 2. The topological polar surface area (TPSA) is 32.7 Å². The van der Waals surface area contributed by atoms with Crippen LogP contribution in [0.1, 0.15) is 18.4 Å². The fraction of sp³-hybridized carbons (Fsp3) is 0.368. The maximum atomic E-state index is 10.8. The first-order valence-corrected chi connectivity index (χ1v) is 8.43. The molecule has 0 radical (unpaired) electrons. The van der Waals surface area contributed by atoms with Crippen LogP contribution in [0.3, 0.4) is 0 Å². The molecule has 1 fully saturated rings. The Morgan fingerprint density at radius 1 is 1.00 bits per heavy atom. The summed E-state index contributed by atoms with van der Waals surface area (Å²) < 4.78 is 5.74. The summed E-state index contributed by atoms with van der Waals surface area (Å²) in [6.07, 6.45) is 1.51. The van der Waals surface area contributed by atoms with Gasteiger partial charge in [-0.3, -0.25) is 4.90 Å². The molecule has 2 aromatic carbocycles. The van der Waals surface area contributed by atoms with Crippen LogP contribution in [-0.4, -0.2) is 36.2 Å². The maximum absolute atomic E-state index is 10.8. The zero-order valence-electron chi connectivity index (χ0n) is 13.1. The van der Waals surface area contributed by atoms with Crippen molar-refractivity contribution in [2.75, 3.05) is 26.2 Å². The van der Waals surface area contributed by atoms with Gasteiger partial charge in [0.1, 0.15) is 12.4 Å². The van der Waals surface area contributed by atoms with Crippen molar-refractivity contribution in [2.24, 2.45) is 0 Å². The largest absolute Gasteiger partial charge is 0.491 e. The highest BCUT2D eigenvalue weighted by molar-refractivity contribution is 6.32. The Hall–Kier alpha value is -1.55. The molecule has 1 N–H and O–H groups in total. The van der Waals surface area contributed by atoms with E-state index in [0.29, 0.717) is 11.6 Å². The van der Waals surface area contributed by atoms with Crippen LogP contribution in [0.5, 0.6) is 5.75 Å². The van der Waals surface area contributed by atoms with E-state index in [0.717, 1.165) is 43.8 Å². The monoisotopic (exact) mass is 331 g/mol. The van der Waals surface area contributed by atoms with Gasteiger partial charge >= 0.3 is 0 Å². The van der Waals surface area contributed by atoms with Gasteiger partial charge in [0, 0.05) is 19.6 Å². The Morgan fingerprint density at radius 2 is 1.65 bits per heavy atom. The summed E-state index contributed by atoms with van der Waals surface area (Å²) >= 11 is 6.08. The van der Waals surface area contributed by atoms with Gasteiger partial charge in [0.2, 0.25) is 0 Å². The molecule has 23 heavy (non-hydrogen) atoms. The van der Waals surface area contributed by atoms with Crippen molar-refractivity contribution >= 4 is 11.6 Å². The summed E-state index contributed by atoms with van der Waals surface area (Å²) in [7, 11) is 0. The number of halogens is 1. The molecule has 0 aliphatic carbocycles. The predicted molar refractivity (Wildman–Crippen MR) is 93.0 cm³/mol. The minimum atomic E-state index is -0.693. The van der Waals surface area contributed by atoms with Crippen molar-refractivity contribution in [1.29, 1.82) is 0 Å². The Morgan fingerprint density at radius 3 is 2.35 bits per heavy atom. The zero-order chi connectivity index (χ0) is 16.1. The Labute approximate surface area is 142 Å². The average molecular weight is 332 g/mol. The smallest absolute Gasteiger partial charge is 0.137 e. The minimum Gasteiger partial charge on any atom is -0.491 e. The molecule has 1 aliphatic rings. The molecule has 1 aliphatic heterocycles. The fourth-order valence-electron chi connectivity index (χ4n) is 3.03. The molecule has 2 aromatic rings. The van der Waals surface area contributed by atoms with Crippen LogP contribution in [0.25, 0.3) is 0 Å². The standard InChI is InChI=1S/C19H22ClNO2/c20-17-8-4-5-9-18(17)23-15-14-21-12-10-19(22,11-13-21)16-6-2-1-3-7-16/h1-9,22H,10-15H2. The third-order valence-corrected chi connectivity index (χ3v) is 4.81. The summed E-state index contributed by atoms with van der Waals surface area (Å²) in [6.45, 7) is 3.19. The van der Waals surface area contributed by atoms with Gasteiger partial charge in [0.25, 0.3) is 0 Å². The van der Waals surface area contributed by atoms with Crippen molar-refractivity contribution < 1.29 is 9.84 Å². The summed E-state index contributed by atoms with van der Waals surface area (Å²) in [6, 6.07) is 17.5. The number of ether oxygens (including phenoxy) is 1. The SMILES string of the molecule is OC1(c2ccccc2)CCN(CCOc2ccccc2Cl)CC1. The fourth-order valence-corrected chi connectivity index (χ4v) is 3.22. The first-order valence-electron chi connectivity index (χ1n) is 8.05. The Bertz CT molecular complexity index is 624. The van der Waals surface area contributed by atoms with Crippen molar-refractivity contribution in [3.05, 3.63) is 65.2 Å². The molecule has 0 saturated carbocycles. The van der Waals surface area contributed by atoms with Crippen LogP contribution >= 0.6 is 11.6 Å². The molecule has 122 valence electrons. The highest BCUT2D eigenvalue weighted by atomic mass is 35.5. The molecule has 0 aromatic heterocycles. The van der Waals surface area contributed by atoms with Gasteiger partial charge in [0.05, 0.1) is 10.6 Å². The van der Waals surface area contributed by atoms with E-state index >= 15 is 0 Å². The van der Waals surface area contributed by atoms with Crippen LogP contribution in [0.4, 0.5) is 0 Å². The highest BCUT2D eigenvalue weighted by Gasteiger charge is 2.33. The number of aliphatic hydroxyl groups is 1. The minimum absolute atomic E-state index is 0.605. The number of para-hydroxylation sites is 1. The molecule has 3 rings (SSSR count). The van der Waals surface area contributed by atoms with E-state index in [2.05, 4.69) is 4.90 Å². The number of likely N-dealkylation sites (tertiary alicyclic amines) is 1. The summed E-state index contributed by atoms with van der Waals surface area (Å²) in [5, 5.41) is 11.5. The zero-order valence-corrected chi connectivity index (χ0v) is 13.9. The highest BCUT2D eigenvalue weighted by Crippen LogP contribution is 2.32. The molecule has 1 heterocycles. The second-order valence-corrected chi connectivity index (χ2v) is 6.43. The molecule has 0 spiro atoms. The summed E-state index contributed by atoms with van der Waals surface area (Å²) in [4.78, 5) is 2.33. The number of nitrogens with zero attached hydrogens (tertiary/aromatic N) is 1. The van der Waals surface area contributed by atoms with Gasteiger partial charge in [-0.1, -0.05) is 54.1 Å². The van der Waals surface area contributed by atoms with E-state index in [1.54, 1.807) is 0 Å². The van der Waals surface area contributed by atoms with Gasteiger partial charge < -0.3 is 9.84 Å². The maximum Gasteiger partial charge on any atom is 0.137 e. The lowest BCUT2D eigenvalue weighted by molar-refractivity contribution is -0.0278. The number of hydrogen-bond donors (Lipinski definition) is 1. The van der Waals surface area contributed by atoms with E-state index in [4.69, 9.17) is 16.3 Å². The van der Waals surface area contributed by atoms with E-state index in [1.165, 1.54) is 0 Å². The lowest BCUT2D eigenvalue weighted by Gasteiger charge is -2.38. The molecule has 0 amide bonds. The lowest BCUT2D eigenvalue weighted by atomic mass is 9.84. The molecule has 1 saturated heterocycles. The predicted octanol–water partition coefficient (Wildman–Crippen LogP) is 3.70. The third-order valence-electron chi connectivity index (χ3n) is 4.50. The quantitative estimate of drug-likeness (QED) is 0.906. The van der Waals surface area contributed by atoms with Crippen LogP contribution in [0.15, 0.2) is 54.6 Å². The number of rotatable bonds is 5. The number of hydrogen-bond acceptors (Lipinski definition) is 3. The molecular weight excluding hydrogens is 310 g/mol. The van der Waals surface area contributed by atoms with Crippen LogP contribution in [0, 0.1) is 0 Å². The van der Waals surface area contributed by atoms with Gasteiger partial charge in [-0.15, -0.1) is 0 Å². The molecule has 0 bridgehead atoms. The average Bonchev–Trinajstić information content (AvgIpc) is 2.59. The van der Waals surface area contributed by atoms with E-state index in [-0.39, 0.29) is 0 Å². The normalized spacial score (nSPS) is 17.8. The van der Waals surface area contributed by atoms with Crippen molar-refractivity contribution in [2.45, 2.75) is 18.4 Å². The van der Waals surface area contributed by atoms with E-state index in [1.807, 2.05) is 54.6 Å². The lowest BCUT2D eigenvalue weighted by Crippen LogP contribution is -2.43. The van der Waals surface area contributed by atoms with Gasteiger partial charge in [-0.25, -0.2) is 0 Å². The molecule has 3 nitrogen and oxygen atoms in total. The van der Waals surface area contributed by atoms with Crippen LogP contribution in [-0.2, 0) is 5.60 Å². The van der Waals surface area contributed by atoms with Crippen LogP contribution < -0.4 is 4.74 Å². The first-order chi connectivity index (χ1) is 11.2. The molecular formula is C19H22ClNO2. The summed E-state index contributed by atoms with van der Waals surface area (Å²) in [5.41, 5.74) is 0.327. The molecule has 4 heteroatoms. The Balaban J connectivity index is 1.47. The number of piperidine rings is 1. The van der Waals surface area contributed by atoms with E-state index in [9.17, 15) is 5.11 Å². The van der Waals surface area contributed by atoms with E-state index < -0.39 is 5.60 Å². The second-order valence-electron chi connectivity index (χ2n) is 6.02. The second kappa shape index (κ2) is 7.35. The first kappa shape index (κ1) is 16.3. The van der Waals surface area contributed by atoms with Crippen molar-refractivity contribution in [3.63, 3.8) is 0 Å². The van der Waals surface area contributed by atoms with Gasteiger partial charge in [-0.05, 0) is 30.5 Å². The Kier molecular flexibility index (Phi) is 5.21. The van der Waals surface area contributed by atoms with Crippen LogP contribution in [0.2, 0.25) is 5.02 Å². The molecule has 0 unspecified atom stereocenters. The third kappa shape index (κ3) is 4.05. The van der Waals surface area contributed by atoms with Crippen molar-refractivity contribution in [1.82, 2.24) is 4.90 Å². The van der Waals surface area contributed by atoms with Crippen molar-refractivity contribution in [3.8, 4) is 5.75 Å². The van der Waals surface area contributed by atoms with Gasteiger partial charge in [-0.2, -0.15) is 0 Å².